The zero-order chi connectivity index (χ0) is 21.1. The molecule has 14 nitrogen and oxygen atoms in total. The monoisotopic (exact) mass is 505 g/mol. The van der Waals surface area contributed by atoms with E-state index in [1.807, 2.05) is 0 Å². The fourth-order valence-corrected chi connectivity index (χ4v) is 3.43. The summed E-state index contributed by atoms with van der Waals surface area (Å²) in [6.45, 7) is -0.386. The quantitative estimate of drug-likeness (QED) is 0.175. The van der Waals surface area contributed by atoms with Crippen LogP contribution in [0.1, 0.15) is 0 Å². The molecule has 0 saturated carbocycles. The number of nitrogens with one attached hydrogen (secondary N) is 1. The van der Waals surface area contributed by atoms with Crippen molar-refractivity contribution in [2.45, 2.75) is 6.54 Å². The maximum Gasteiger partial charge on any atom is 0.350 e. The van der Waals surface area contributed by atoms with E-state index in [4.69, 9.17) is 34.8 Å². The molecule has 0 bridgehead atoms. The summed E-state index contributed by atoms with van der Waals surface area (Å²) >= 11 is 3.18. The number of aromatic nitrogens is 4. The Bertz CT molecular complexity index is 955. The number of nitrogens with two attached hydrogens (primary N) is 1. The molecule has 0 aromatic carbocycles. The van der Waals surface area contributed by atoms with Gasteiger partial charge >= 0.3 is 15.2 Å². The first kappa shape index (κ1) is 23.1. The largest absolute Gasteiger partial charge is 0.369 e. The van der Waals surface area contributed by atoms with Crippen LogP contribution in [0.3, 0.4) is 0 Å². The summed E-state index contributed by atoms with van der Waals surface area (Å²) in [6, 6.07) is 0. The van der Waals surface area contributed by atoms with Crippen LogP contribution >= 0.6 is 31.1 Å². The molecule has 158 valence electrons. The van der Waals surface area contributed by atoms with Gasteiger partial charge < -0.3 is 39.3 Å². The Hall–Kier alpha value is -1.15. The summed E-state index contributed by atoms with van der Waals surface area (Å²) in [7, 11) is -8.79. The first-order chi connectivity index (χ1) is 12.9. The number of anilines is 1. The first-order valence-electron chi connectivity index (χ1n) is 7.52. The molecular weight excluding hydrogens is 488 g/mol. The lowest BCUT2D eigenvalue weighted by Gasteiger charge is -2.19. The van der Waals surface area contributed by atoms with E-state index in [-0.39, 0.29) is 41.6 Å². The van der Waals surface area contributed by atoms with Gasteiger partial charge in [0.05, 0.1) is 13.2 Å². The lowest BCUT2D eigenvalue weighted by atomic mass is 10.2. The van der Waals surface area contributed by atoms with Gasteiger partial charge in [0.1, 0.15) is 12.7 Å². The van der Waals surface area contributed by atoms with Crippen molar-refractivity contribution in [1.82, 2.24) is 19.5 Å². The van der Waals surface area contributed by atoms with Crippen molar-refractivity contribution >= 4 is 48.2 Å². The summed E-state index contributed by atoms with van der Waals surface area (Å²) in [4.78, 5) is 57.8. The van der Waals surface area contributed by atoms with E-state index in [9.17, 15) is 13.9 Å². The average molecular weight is 506 g/mol. The van der Waals surface area contributed by atoms with E-state index >= 15 is 0 Å². The Morgan fingerprint density at radius 1 is 1.11 bits per heavy atom. The minimum atomic E-state index is -4.40. The highest BCUT2D eigenvalue weighted by molar-refractivity contribution is 9.10. The summed E-state index contributed by atoms with van der Waals surface area (Å²) in [5.74, 6) is -0.757. The van der Waals surface area contributed by atoms with E-state index in [0.717, 1.165) is 0 Å². The molecule has 0 amide bonds. The molecular formula is C11H18BrN5O9P2. The number of aromatic amines is 1. The summed E-state index contributed by atoms with van der Waals surface area (Å²) < 4.78 is 33.5. The van der Waals surface area contributed by atoms with Gasteiger partial charge in [0.2, 0.25) is 5.95 Å². The van der Waals surface area contributed by atoms with Crippen LogP contribution in [-0.2, 0) is 25.1 Å². The molecule has 0 radical (unpaired) electrons. The maximum absolute atomic E-state index is 11.9. The number of H-pyrrole nitrogens is 1. The van der Waals surface area contributed by atoms with E-state index in [2.05, 4.69) is 30.9 Å². The minimum Gasteiger partial charge on any atom is -0.369 e. The van der Waals surface area contributed by atoms with Crippen molar-refractivity contribution < 1.29 is 38.2 Å². The van der Waals surface area contributed by atoms with E-state index in [0.29, 0.717) is 0 Å². The Morgan fingerprint density at radius 3 is 2.14 bits per heavy atom. The molecule has 0 spiro atoms. The molecule has 2 heterocycles. The second-order valence-corrected chi connectivity index (χ2v) is 9.69. The van der Waals surface area contributed by atoms with Crippen molar-refractivity contribution in [2.24, 2.45) is 5.92 Å². The SMILES string of the molecule is Nc1nc2c(nc(Br)n2CC(COCP(=O)(O)O)COCP(=O)(O)O)c(=O)[nH]1. The van der Waals surface area contributed by atoms with Gasteiger partial charge in [-0.2, -0.15) is 4.98 Å². The van der Waals surface area contributed by atoms with Gasteiger partial charge in [0.15, 0.2) is 15.9 Å². The van der Waals surface area contributed by atoms with Crippen LogP contribution in [0.4, 0.5) is 5.95 Å². The molecule has 0 fully saturated rings. The van der Waals surface area contributed by atoms with E-state index in [1.54, 1.807) is 0 Å². The zero-order valence-corrected chi connectivity index (χ0v) is 17.5. The van der Waals surface area contributed by atoms with Gasteiger partial charge in [-0.1, -0.05) is 0 Å². The van der Waals surface area contributed by atoms with Crippen molar-refractivity contribution in [1.29, 1.82) is 0 Å². The maximum atomic E-state index is 11.9. The van der Waals surface area contributed by atoms with Gasteiger partial charge in [-0.05, 0) is 15.9 Å². The summed E-state index contributed by atoms with van der Waals surface area (Å²) in [5, 5.41) is 0. The topological polar surface area (TPSA) is 223 Å². The molecule has 2 aromatic heterocycles. The lowest BCUT2D eigenvalue weighted by molar-refractivity contribution is 0.0528. The Morgan fingerprint density at radius 2 is 1.64 bits per heavy atom. The highest BCUT2D eigenvalue weighted by Crippen LogP contribution is 2.35. The fourth-order valence-electron chi connectivity index (χ4n) is 2.25. The van der Waals surface area contributed by atoms with Gasteiger partial charge in [-0.15, -0.1) is 0 Å². The normalized spacial score (nSPS) is 12.9. The summed E-state index contributed by atoms with van der Waals surface area (Å²) in [5.41, 5.74) is 5.13. The van der Waals surface area contributed by atoms with Crippen molar-refractivity contribution in [3.63, 3.8) is 0 Å². The number of hydrogen-bond donors (Lipinski definition) is 6. The number of nitrogens with zero attached hydrogens (tertiary/aromatic N) is 3. The van der Waals surface area contributed by atoms with Crippen LogP contribution < -0.4 is 11.3 Å². The van der Waals surface area contributed by atoms with Crippen LogP contribution in [0.25, 0.3) is 11.2 Å². The first-order valence-corrected chi connectivity index (χ1v) is 11.9. The highest BCUT2D eigenvalue weighted by atomic mass is 79.9. The highest BCUT2D eigenvalue weighted by Gasteiger charge is 2.22. The number of hydrogen-bond acceptors (Lipinski definition) is 8. The van der Waals surface area contributed by atoms with E-state index < -0.39 is 39.4 Å². The van der Waals surface area contributed by atoms with Crippen LogP contribution in [0.15, 0.2) is 9.53 Å². The third-order valence-corrected chi connectivity index (χ3v) is 4.89. The van der Waals surface area contributed by atoms with Crippen LogP contribution in [0, 0.1) is 5.92 Å². The molecule has 17 heteroatoms. The second-order valence-electron chi connectivity index (χ2n) is 5.81. The molecule has 28 heavy (non-hydrogen) atoms. The van der Waals surface area contributed by atoms with Crippen LogP contribution in [-0.4, -0.2) is 65.0 Å². The predicted octanol–water partition coefficient (Wildman–Crippen LogP) is -0.616. The molecule has 0 aliphatic heterocycles. The number of fused-ring (bicyclic) bond motifs is 1. The molecule has 0 aliphatic carbocycles. The molecule has 0 saturated heterocycles. The minimum absolute atomic E-state index is 0.00657. The zero-order valence-electron chi connectivity index (χ0n) is 14.1. The number of ether oxygens (including phenoxy) is 2. The second kappa shape index (κ2) is 9.11. The molecule has 2 aromatic rings. The summed E-state index contributed by atoms with van der Waals surface area (Å²) in [6.07, 6.45) is -1.67. The van der Waals surface area contributed by atoms with Crippen molar-refractivity contribution in [3.05, 3.63) is 15.1 Å². The lowest BCUT2D eigenvalue weighted by Crippen LogP contribution is -2.23. The number of imidazole rings is 1. The average Bonchev–Trinajstić information content (AvgIpc) is 2.81. The van der Waals surface area contributed by atoms with E-state index in [1.165, 1.54) is 4.57 Å². The molecule has 0 atom stereocenters. The predicted molar refractivity (Wildman–Crippen MR) is 99.5 cm³/mol. The van der Waals surface area contributed by atoms with Gasteiger partial charge in [-0.25, -0.2) is 4.98 Å². The molecule has 2 rings (SSSR count). The smallest absolute Gasteiger partial charge is 0.350 e. The van der Waals surface area contributed by atoms with Crippen molar-refractivity contribution in [3.8, 4) is 0 Å². The van der Waals surface area contributed by atoms with Gasteiger partial charge in [0, 0.05) is 12.5 Å². The number of rotatable bonds is 10. The fraction of sp³-hybridized carbons (Fsp3) is 0.545. The third-order valence-electron chi connectivity index (χ3n) is 3.24. The third kappa shape index (κ3) is 7.03. The van der Waals surface area contributed by atoms with Crippen LogP contribution in [0.5, 0.6) is 0 Å². The van der Waals surface area contributed by atoms with Crippen LogP contribution in [0.2, 0.25) is 0 Å². The van der Waals surface area contributed by atoms with Crippen molar-refractivity contribution in [2.75, 3.05) is 31.6 Å². The molecule has 7 N–H and O–H groups in total. The Labute approximate surface area is 165 Å². The molecule has 0 unspecified atom stereocenters. The standard InChI is InChI=1S/C11H18BrN5O9P2/c12-10-14-7-8(15-11(13)16-9(7)18)17(10)1-6(2-25-4-27(19,20)21)3-26-5-28(22,23)24/h6H,1-5H2,(H2,19,20,21)(H2,22,23,24)(H3,13,15,16,18). The molecule has 0 aliphatic rings. The van der Waals surface area contributed by atoms with Gasteiger partial charge in [-0.3, -0.25) is 18.9 Å². The van der Waals surface area contributed by atoms with Gasteiger partial charge in [0.25, 0.3) is 5.56 Å². The Balaban J connectivity index is 2.21. The number of halogens is 1. The number of nitrogen functional groups attached to an aromatic ring is 1. The Kier molecular flexibility index (Phi) is 7.53.